The van der Waals surface area contributed by atoms with Gasteiger partial charge in [0.15, 0.2) is 0 Å². The van der Waals surface area contributed by atoms with E-state index in [1.54, 1.807) is 0 Å². The molecule has 0 aromatic heterocycles. The molecule has 0 rings (SSSR count). The normalized spacial score (nSPS) is 0.500. The van der Waals surface area contributed by atoms with Crippen molar-refractivity contribution in [3.63, 3.8) is 0 Å². The number of rotatable bonds is 0. The number of halogens is 1. The molecule has 0 bridgehead atoms. The summed E-state index contributed by atoms with van der Waals surface area (Å²) in [6, 6.07) is 0. The van der Waals surface area contributed by atoms with Gasteiger partial charge >= 0.3 is 91.6 Å². The quantitative estimate of drug-likeness (QED) is 0.462. The average molecular weight is 301 g/mol. The van der Waals surface area contributed by atoms with Crippen LogP contribution in [0.3, 0.4) is 0 Å². The zero-order valence-corrected chi connectivity index (χ0v) is 4.98. The first-order chi connectivity index (χ1) is 1.00. The molecule has 0 heterocycles. The van der Waals surface area contributed by atoms with E-state index >= 15 is 0 Å². The summed E-state index contributed by atoms with van der Waals surface area (Å²) >= 11 is 0.194. The van der Waals surface area contributed by atoms with E-state index in [1.165, 1.54) is 0 Å². The van der Waals surface area contributed by atoms with E-state index in [-0.39, 0.29) is 98.5 Å². The Morgan fingerprint density at radius 2 is 1.17 bits per heavy atom. The fraction of sp³-hybridized carbons (Fsp3) is 0. The van der Waals surface area contributed by atoms with Gasteiger partial charge in [0.2, 0.25) is 0 Å². The zero-order chi connectivity index (χ0) is 2.00. The number of hydrogen-bond donors (Lipinski definition) is 0. The summed E-state index contributed by atoms with van der Waals surface area (Å²) in [5.41, 5.74) is 0. The Labute approximate surface area is 99.7 Å². The van der Waals surface area contributed by atoms with Gasteiger partial charge in [0, 0.05) is 0 Å². The predicted molar refractivity (Wildman–Crippen MR) is 22.5 cm³/mol. The Kier molecular flexibility index (Phi) is 299. The molecule has 0 atom stereocenters. The van der Waals surface area contributed by atoms with E-state index < -0.39 is 0 Å². The molecule has 0 unspecified atom stereocenters. The van der Waals surface area contributed by atoms with Crippen molar-refractivity contribution >= 4 is 67.3 Å². The molecule has 2 N–H and O–H groups in total. The Hall–Kier alpha value is 2.69. The Morgan fingerprint density at radius 3 is 1.17 bits per heavy atom. The van der Waals surface area contributed by atoms with Crippen LogP contribution in [0.25, 0.3) is 0 Å². The van der Waals surface area contributed by atoms with Gasteiger partial charge in [0.25, 0.3) is 0 Å². The predicted octanol–water partition coefficient (Wildman–Crippen LogP) is -2.36. The molecule has 0 aliphatic carbocycles. The summed E-state index contributed by atoms with van der Waals surface area (Å²) in [5.74, 6) is 0. The van der Waals surface area contributed by atoms with Crippen LogP contribution >= 0.6 is 0 Å². The molecule has 0 radical (unpaired) electrons. The second kappa shape index (κ2) is 47.6. The van der Waals surface area contributed by atoms with Crippen molar-refractivity contribution in [1.82, 2.24) is 0 Å². The van der Waals surface area contributed by atoms with Crippen LogP contribution in [0.5, 0.6) is 0 Å². The molecule has 0 aliphatic heterocycles. The van der Waals surface area contributed by atoms with Gasteiger partial charge in [-0.1, -0.05) is 0 Å². The van der Waals surface area contributed by atoms with Crippen LogP contribution in [0.2, 0.25) is 0 Å². The van der Waals surface area contributed by atoms with Gasteiger partial charge in [-0.05, 0) is 0 Å². The Morgan fingerprint density at radius 1 is 1.17 bits per heavy atom. The molecule has 0 aromatic carbocycles. The molecule has 0 aliphatic rings. The van der Waals surface area contributed by atoms with E-state index in [9.17, 15) is 0 Å². The molecule has 0 aromatic rings. The minimum atomic E-state index is 0. The SMILES string of the molecule is F.O.[CaH2].[NaH].[O]=[Ta]. The molecule has 0 saturated heterocycles. The second-order valence-corrected chi connectivity index (χ2v) is 0. The second-order valence-electron chi connectivity index (χ2n) is 0. The van der Waals surface area contributed by atoms with Crippen LogP contribution in [-0.2, 0) is 24.3 Å². The molecule has 33 valence electrons. The molecule has 6 heteroatoms. The van der Waals surface area contributed by atoms with Crippen molar-refractivity contribution in [2.75, 3.05) is 0 Å². The third-order valence-corrected chi connectivity index (χ3v) is 0. The summed E-state index contributed by atoms with van der Waals surface area (Å²) in [5, 5.41) is 0. The van der Waals surface area contributed by atoms with Crippen molar-refractivity contribution in [2.24, 2.45) is 0 Å². The summed E-state index contributed by atoms with van der Waals surface area (Å²) in [4.78, 5) is 0. The molecule has 2 nitrogen and oxygen atoms in total. The molecule has 0 fully saturated rings. The molecule has 0 amide bonds. The summed E-state index contributed by atoms with van der Waals surface area (Å²) in [7, 11) is 0. The van der Waals surface area contributed by atoms with Gasteiger partial charge in [0.05, 0.1) is 0 Å². The van der Waals surface area contributed by atoms with E-state index in [2.05, 4.69) is 0 Å². The third kappa shape index (κ3) is 29.9. The molecule has 6 heavy (non-hydrogen) atoms. The monoisotopic (exact) mass is 301 g/mol. The zero-order valence-electron chi connectivity index (χ0n) is 1.76. The Bertz CT molecular complexity index is 13.5. The van der Waals surface area contributed by atoms with Crippen molar-refractivity contribution < 1.29 is 34.5 Å². The van der Waals surface area contributed by atoms with Crippen molar-refractivity contribution in [1.29, 1.82) is 0 Å². The fourth-order valence-electron chi connectivity index (χ4n) is 0. The fourth-order valence-corrected chi connectivity index (χ4v) is 0. The average Bonchev–Trinajstić information content (AvgIpc) is 1.00. The summed E-state index contributed by atoms with van der Waals surface area (Å²) in [6.45, 7) is 0. The third-order valence-electron chi connectivity index (χ3n) is 0. The molecular weight excluding hydrogens is 295 g/mol. The molecule has 0 saturated carbocycles. The van der Waals surface area contributed by atoms with Gasteiger partial charge in [-0.3, -0.25) is 4.70 Å². The van der Waals surface area contributed by atoms with E-state index in [1.807, 2.05) is 0 Å². The van der Waals surface area contributed by atoms with E-state index in [4.69, 9.17) is 3.25 Å². The maximum absolute atomic E-state index is 8.36. The van der Waals surface area contributed by atoms with Crippen molar-refractivity contribution in [2.45, 2.75) is 0 Å². The van der Waals surface area contributed by atoms with Gasteiger partial charge in [0.1, 0.15) is 0 Å². The number of hydrogen-bond acceptors (Lipinski definition) is 1. The first-order valence-corrected chi connectivity index (χ1v) is 1.49. The Balaban J connectivity index is -0.000000000833. The van der Waals surface area contributed by atoms with Crippen LogP contribution in [-0.4, -0.2) is 72.8 Å². The van der Waals surface area contributed by atoms with Gasteiger partial charge < -0.3 is 5.48 Å². The van der Waals surface area contributed by atoms with E-state index in [0.29, 0.717) is 0 Å². The first-order valence-electron chi connectivity index (χ1n) is 0.183. The van der Waals surface area contributed by atoms with Crippen LogP contribution in [0.15, 0.2) is 0 Å². The van der Waals surface area contributed by atoms with Gasteiger partial charge in [-0.2, -0.15) is 0 Å². The van der Waals surface area contributed by atoms with Crippen LogP contribution in [0.4, 0.5) is 4.70 Å². The van der Waals surface area contributed by atoms with Crippen LogP contribution in [0, 0.1) is 0 Å². The summed E-state index contributed by atoms with van der Waals surface area (Å²) in [6.07, 6.45) is 0. The van der Waals surface area contributed by atoms with Crippen LogP contribution < -0.4 is 0 Å². The maximum atomic E-state index is 8.36. The van der Waals surface area contributed by atoms with Crippen molar-refractivity contribution in [3.05, 3.63) is 0 Å². The van der Waals surface area contributed by atoms with Crippen LogP contribution in [0.1, 0.15) is 0 Å². The molecular formula is H6CaFNaO2Ta. The van der Waals surface area contributed by atoms with Gasteiger partial charge in [-0.25, -0.2) is 0 Å². The minimum absolute atomic E-state index is 0. The summed E-state index contributed by atoms with van der Waals surface area (Å²) < 4.78 is 8.36. The topological polar surface area (TPSA) is 48.6 Å². The van der Waals surface area contributed by atoms with E-state index in [0.717, 1.165) is 0 Å². The standard InChI is InChI=1S/Ca.FH.Na.H2O.O.Ta.3H/h;1H;;1H2;;;;;. The molecule has 0 spiro atoms. The van der Waals surface area contributed by atoms with Crippen molar-refractivity contribution in [3.8, 4) is 0 Å². The van der Waals surface area contributed by atoms with Gasteiger partial charge in [-0.15, -0.1) is 0 Å². The first kappa shape index (κ1) is 37.7.